The minimum Gasteiger partial charge on any atom is -0.337 e. The number of carbonyl (C=O) groups excluding carboxylic acids is 2. The monoisotopic (exact) mass is 416 g/mol. The van der Waals surface area contributed by atoms with E-state index in [9.17, 15) is 9.59 Å². The Morgan fingerprint density at radius 1 is 0.774 bits per heavy atom. The standard InChI is InChI=1S/C25H28N4O2/c1-18-6-4-7-22(16-18)25(31)28-13-5-12-27(14-15-28)24(30)21-8-10-23(11-9-21)29-20(3)17-19(2)26-29/h4,6-11,16-17H,5,12-15H2,1-3H3. The molecular formula is C25H28N4O2. The van der Waals surface area contributed by atoms with E-state index in [-0.39, 0.29) is 11.8 Å². The molecule has 0 saturated carbocycles. The first-order valence-corrected chi connectivity index (χ1v) is 10.7. The van der Waals surface area contributed by atoms with Crippen LogP contribution in [0.5, 0.6) is 0 Å². The molecule has 0 N–H and O–H groups in total. The number of benzene rings is 2. The van der Waals surface area contributed by atoms with E-state index < -0.39 is 0 Å². The Hall–Kier alpha value is -3.41. The van der Waals surface area contributed by atoms with Crippen molar-refractivity contribution in [1.82, 2.24) is 19.6 Å². The number of nitrogens with zero attached hydrogens (tertiary/aromatic N) is 4. The lowest BCUT2D eigenvalue weighted by Gasteiger charge is -2.22. The third-order valence-corrected chi connectivity index (χ3v) is 5.70. The summed E-state index contributed by atoms with van der Waals surface area (Å²) in [7, 11) is 0. The number of amides is 2. The Balaban J connectivity index is 1.42. The lowest BCUT2D eigenvalue weighted by Crippen LogP contribution is -2.37. The summed E-state index contributed by atoms with van der Waals surface area (Å²) in [5, 5.41) is 4.50. The molecule has 0 unspecified atom stereocenters. The quantitative estimate of drug-likeness (QED) is 0.653. The molecule has 4 rings (SSSR count). The molecule has 0 aliphatic carbocycles. The molecule has 2 amide bonds. The van der Waals surface area contributed by atoms with Crippen molar-refractivity contribution in [3.05, 3.63) is 82.7 Å². The predicted octanol–water partition coefficient (Wildman–Crippen LogP) is 3.79. The minimum atomic E-state index is 0.00442. The second-order valence-corrected chi connectivity index (χ2v) is 8.19. The highest BCUT2D eigenvalue weighted by Gasteiger charge is 2.23. The van der Waals surface area contributed by atoms with Gasteiger partial charge in [-0.05, 0) is 69.7 Å². The fourth-order valence-corrected chi connectivity index (χ4v) is 4.10. The summed E-state index contributed by atoms with van der Waals surface area (Å²) < 4.78 is 1.88. The van der Waals surface area contributed by atoms with Gasteiger partial charge in [-0.1, -0.05) is 17.7 Å². The maximum Gasteiger partial charge on any atom is 0.253 e. The van der Waals surface area contributed by atoms with Crippen LogP contribution in [0.2, 0.25) is 0 Å². The second-order valence-electron chi connectivity index (χ2n) is 8.19. The summed E-state index contributed by atoms with van der Waals surface area (Å²) in [6.07, 6.45) is 0.771. The molecule has 160 valence electrons. The van der Waals surface area contributed by atoms with Gasteiger partial charge in [0, 0.05) is 43.0 Å². The van der Waals surface area contributed by atoms with Crippen LogP contribution < -0.4 is 0 Å². The third kappa shape index (κ3) is 4.53. The van der Waals surface area contributed by atoms with Gasteiger partial charge in [-0.2, -0.15) is 5.10 Å². The molecule has 2 aromatic carbocycles. The smallest absolute Gasteiger partial charge is 0.253 e. The van der Waals surface area contributed by atoms with Crippen LogP contribution in [0.1, 0.15) is 44.1 Å². The van der Waals surface area contributed by atoms with Gasteiger partial charge in [0.25, 0.3) is 11.8 Å². The highest BCUT2D eigenvalue weighted by atomic mass is 16.2. The van der Waals surface area contributed by atoms with E-state index in [1.807, 2.05) is 89.9 Å². The predicted molar refractivity (Wildman–Crippen MR) is 121 cm³/mol. The minimum absolute atomic E-state index is 0.00442. The normalized spacial score (nSPS) is 14.4. The summed E-state index contributed by atoms with van der Waals surface area (Å²) in [6.45, 7) is 8.36. The molecule has 1 aliphatic rings. The number of aromatic nitrogens is 2. The van der Waals surface area contributed by atoms with Crippen molar-refractivity contribution in [1.29, 1.82) is 0 Å². The third-order valence-electron chi connectivity index (χ3n) is 5.70. The summed E-state index contributed by atoms with van der Waals surface area (Å²) in [5.74, 6) is 0.0389. The molecule has 3 aromatic rings. The van der Waals surface area contributed by atoms with E-state index >= 15 is 0 Å². The van der Waals surface area contributed by atoms with Crippen molar-refractivity contribution >= 4 is 11.8 Å². The fourth-order valence-electron chi connectivity index (χ4n) is 4.10. The van der Waals surface area contributed by atoms with Crippen LogP contribution >= 0.6 is 0 Å². The van der Waals surface area contributed by atoms with Gasteiger partial charge in [-0.15, -0.1) is 0 Å². The maximum atomic E-state index is 13.1. The SMILES string of the molecule is Cc1cccc(C(=O)N2CCCN(C(=O)c3ccc(-n4nc(C)cc4C)cc3)CC2)c1. The van der Waals surface area contributed by atoms with Crippen molar-refractivity contribution in [3.63, 3.8) is 0 Å². The van der Waals surface area contributed by atoms with E-state index in [1.54, 1.807) is 0 Å². The lowest BCUT2D eigenvalue weighted by atomic mass is 10.1. The number of carbonyl (C=O) groups is 2. The second kappa shape index (κ2) is 8.76. The van der Waals surface area contributed by atoms with E-state index in [2.05, 4.69) is 5.10 Å². The number of hydrogen-bond donors (Lipinski definition) is 0. The Bertz CT molecular complexity index is 1100. The summed E-state index contributed by atoms with van der Waals surface area (Å²) in [5.41, 5.74) is 5.40. The maximum absolute atomic E-state index is 13.1. The van der Waals surface area contributed by atoms with Gasteiger partial charge in [-0.3, -0.25) is 9.59 Å². The van der Waals surface area contributed by atoms with Crippen molar-refractivity contribution < 1.29 is 9.59 Å². The molecule has 2 heterocycles. The highest BCUT2D eigenvalue weighted by Crippen LogP contribution is 2.16. The van der Waals surface area contributed by atoms with Gasteiger partial charge in [0.2, 0.25) is 0 Å². The molecule has 1 fully saturated rings. The van der Waals surface area contributed by atoms with Crippen molar-refractivity contribution in [2.24, 2.45) is 0 Å². The molecule has 31 heavy (non-hydrogen) atoms. The van der Waals surface area contributed by atoms with Crippen LogP contribution in [0.3, 0.4) is 0 Å². The van der Waals surface area contributed by atoms with Crippen LogP contribution in [0.4, 0.5) is 0 Å². The van der Waals surface area contributed by atoms with Crippen LogP contribution in [-0.2, 0) is 0 Å². The topological polar surface area (TPSA) is 58.4 Å². The zero-order chi connectivity index (χ0) is 22.0. The molecule has 0 bridgehead atoms. The van der Waals surface area contributed by atoms with Gasteiger partial charge in [0.1, 0.15) is 0 Å². The van der Waals surface area contributed by atoms with Crippen LogP contribution in [0.15, 0.2) is 54.6 Å². The van der Waals surface area contributed by atoms with Gasteiger partial charge in [0.15, 0.2) is 0 Å². The van der Waals surface area contributed by atoms with Crippen LogP contribution in [0, 0.1) is 20.8 Å². The molecule has 6 nitrogen and oxygen atoms in total. The Labute approximate surface area is 183 Å². The van der Waals surface area contributed by atoms with Crippen LogP contribution in [0.25, 0.3) is 5.69 Å². The Morgan fingerprint density at radius 3 is 2.00 bits per heavy atom. The zero-order valence-electron chi connectivity index (χ0n) is 18.3. The number of hydrogen-bond acceptors (Lipinski definition) is 3. The van der Waals surface area contributed by atoms with Crippen LogP contribution in [-0.4, -0.2) is 57.6 Å². The molecule has 0 radical (unpaired) electrons. The molecule has 1 aliphatic heterocycles. The largest absolute Gasteiger partial charge is 0.337 e. The molecule has 1 aromatic heterocycles. The Kier molecular flexibility index (Phi) is 5.89. The summed E-state index contributed by atoms with van der Waals surface area (Å²) >= 11 is 0. The van der Waals surface area contributed by atoms with E-state index in [1.165, 1.54) is 0 Å². The fraction of sp³-hybridized carbons (Fsp3) is 0.320. The van der Waals surface area contributed by atoms with Gasteiger partial charge in [-0.25, -0.2) is 4.68 Å². The lowest BCUT2D eigenvalue weighted by molar-refractivity contribution is 0.0718. The van der Waals surface area contributed by atoms with Gasteiger partial charge in [0.05, 0.1) is 11.4 Å². The van der Waals surface area contributed by atoms with Crippen molar-refractivity contribution in [2.75, 3.05) is 26.2 Å². The first-order chi connectivity index (χ1) is 14.9. The summed E-state index contributed by atoms with van der Waals surface area (Å²) in [6, 6.07) is 17.3. The zero-order valence-corrected chi connectivity index (χ0v) is 18.3. The van der Waals surface area contributed by atoms with E-state index in [0.717, 1.165) is 29.1 Å². The van der Waals surface area contributed by atoms with E-state index in [0.29, 0.717) is 37.3 Å². The summed E-state index contributed by atoms with van der Waals surface area (Å²) in [4.78, 5) is 29.6. The number of aryl methyl sites for hydroxylation is 3. The Morgan fingerprint density at radius 2 is 1.42 bits per heavy atom. The first-order valence-electron chi connectivity index (χ1n) is 10.7. The van der Waals surface area contributed by atoms with Gasteiger partial charge >= 0.3 is 0 Å². The molecule has 1 saturated heterocycles. The molecular weight excluding hydrogens is 388 g/mol. The molecule has 0 spiro atoms. The first kappa shape index (κ1) is 20.8. The molecule has 6 heteroatoms. The number of rotatable bonds is 3. The highest BCUT2D eigenvalue weighted by molar-refractivity contribution is 5.95. The van der Waals surface area contributed by atoms with Crippen molar-refractivity contribution in [2.45, 2.75) is 27.2 Å². The van der Waals surface area contributed by atoms with E-state index in [4.69, 9.17) is 0 Å². The van der Waals surface area contributed by atoms with Gasteiger partial charge < -0.3 is 9.80 Å². The average Bonchev–Trinajstić information content (AvgIpc) is 2.96. The molecule has 0 atom stereocenters. The van der Waals surface area contributed by atoms with Crippen molar-refractivity contribution in [3.8, 4) is 5.69 Å². The average molecular weight is 417 g/mol.